The highest BCUT2D eigenvalue weighted by Gasteiger charge is 2.25. The molecule has 1 unspecified atom stereocenters. The van der Waals surface area contributed by atoms with Gasteiger partial charge < -0.3 is 5.11 Å². The Hall–Kier alpha value is -2.61. The van der Waals surface area contributed by atoms with Gasteiger partial charge in [-0.05, 0) is 49.8 Å². The van der Waals surface area contributed by atoms with Gasteiger partial charge in [-0.2, -0.15) is 20.1 Å². The largest absolute Gasteiger partial charge is 0.389 e. The highest BCUT2D eigenvalue weighted by atomic mass is 19.1. The molecule has 1 atom stereocenters. The number of hydrogen-bond donors (Lipinski definition) is 1. The van der Waals surface area contributed by atoms with Gasteiger partial charge in [0.1, 0.15) is 17.3 Å². The van der Waals surface area contributed by atoms with Crippen molar-refractivity contribution in [3.63, 3.8) is 0 Å². The summed E-state index contributed by atoms with van der Waals surface area (Å²) in [6.07, 6.45) is 3.87. The molecule has 28 heavy (non-hydrogen) atoms. The number of aliphatic hydroxyl groups excluding tert-OH is 1. The maximum Gasteiger partial charge on any atom is 0.136 e. The van der Waals surface area contributed by atoms with Gasteiger partial charge in [0, 0.05) is 37.8 Å². The molecule has 0 aliphatic heterocycles. The average molecular weight is 387 g/mol. The van der Waals surface area contributed by atoms with E-state index in [-0.39, 0.29) is 11.1 Å². The van der Waals surface area contributed by atoms with Crippen molar-refractivity contribution in [2.75, 3.05) is 0 Å². The van der Waals surface area contributed by atoms with Crippen LogP contribution < -0.4 is 0 Å². The topological polar surface area (TPSA) is 68.8 Å². The van der Waals surface area contributed by atoms with Gasteiger partial charge in [0.2, 0.25) is 0 Å². The monoisotopic (exact) mass is 387 g/mol. The van der Waals surface area contributed by atoms with Gasteiger partial charge in [0.05, 0.1) is 17.5 Å². The molecule has 1 aliphatic carbocycles. The summed E-state index contributed by atoms with van der Waals surface area (Å²) in [5.74, 6) is -0.792. The number of benzene rings is 1. The Kier molecular flexibility index (Phi) is 4.74. The standard InChI is InChI=1S/C20H23F2N5O/c1-11-14(10-27(23-11)9-13-4-5-13)6-18-20(25-26(3)24-18)19-16(12(2)28)7-15(21)8-17(19)22/h7-8,10,12-13,28H,4-6,9H2,1-3H3. The van der Waals surface area contributed by atoms with Crippen molar-refractivity contribution in [3.05, 3.63) is 52.5 Å². The van der Waals surface area contributed by atoms with Crippen molar-refractivity contribution in [2.24, 2.45) is 13.0 Å². The molecule has 1 fully saturated rings. The number of aromatic nitrogens is 5. The van der Waals surface area contributed by atoms with Crippen molar-refractivity contribution in [1.29, 1.82) is 0 Å². The second kappa shape index (κ2) is 7.09. The van der Waals surface area contributed by atoms with Gasteiger partial charge in [-0.15, -0.1) is 0 Å². The molecule has 148 valence electrons. The fraction of sp³-hybridized carbons (Fsp3) is 0.450. The second-order valence-corrected chi connectivity index (χ2v) is 7.59. The van der Waals surface area contributed by atoms with E-state index in [4.69, 9.17) is 0 Å². The normalized spacial score (nSPS) is 15.2. The molecule has 0 radical (unpaired) electrons. The van der Waals surface area contributed by atoms with Gasteiger partial charge >= 0.3 is 0 Å². The minimum Gasteiger partial charge on any atom is -0.389 e. The SMILES string of the molecule is Cc1nn(CC2CC2)cc1Cc1nn(C)nc1-c1c(F)cc(F)cc1C(C)O. The smallest absolute Gasteiger partial charge is 0.136 e. The van der Waals surface area contributed by atoms with E-state index < -0.39 is 17.7 Å². The summed E-state index contributed by atoms with van der Waals surface area (Å²) in [7, 11) is 1.65. The van der Waals surface area contributed by atoms with E-state index in [1.165, 1.54) is 24.6 Å². The predicted molar refractivity (Wildman–Crippen MR) is 99.5 cm³/mol. The minimum absolute atomic E-state index is 0.0857. The van der Waals surface area contributed by atoms with Crippen LogP contribution in [-0.2, 0) is 20.0 Å². The van der Waals surface area contributed by atoms with Crippen LogP contribution in [0.4, 0.5) is 8.78 Å². The Morgan fingerprint density at radius 1 is 1.21 bits per heavy atom. The zero-order valence-electron chi connectivity index (χ0n) is 16.2. The summed E-state index contributed by atoms with van der Waals surface area (Å²) >= 11 is 0. The van der Waals surface area contributed by atoms with Crippen LogP contribution in [0.3, 0.4) is 0 Å². The van der Waals surface area contributed by atoms with Crippen molar-refractivity contribution in [1.82, 2.24) is 24.8 Å². The van der Waals surface area contributed by atoms with Gasteiger partial charge in [-0.25, -0.2) is 8.78 Å². The van der Waals surface area contributed by atoms with Crippen molar-refractivity contribution >= 4 is 0 Å². The third-order valence-electron chi connectivity index (χ3n) is 5.10. The molecule has 4 rings (SSSR count). The van der Waals surface area contributed by atoms with Crippen molar-refractivity contribution in [3.8, 4) is 11.3 Å². The summed E-state index contributed by atoms with van der Waals surface area (Å²) in [6, 6.07) is 1.94. The van der Waals surface area contributed by atoms with Crippen LogP contribution in [0, 0.1) is 24.5 Å². The van der Waals surface area contributed by atoms with Crippen LogP contribution in [0.2, 0.25) is 0 Å². The van der Waals surface area contributed by atoms with Crippen molar-refractivity contribution in [2.45, 2.75) is 45.8 Å². The van der Waals surface area contributed by atoms with Crippen LogP contribution in [-0.4, -0.2) is 29.9 Å². The molecule has 1 saturated carbocycles. The zero-order valence-corrected chi connectivity index (χ0v) is 16.2. The lowest BCUT2D eigenvalue weighted by Gasteiger charge is -2.12. The molecule has 0 spiro atoms. The second-order valence-electron chi connectivity index (χ2n) is 7.59. The summed E-state index contributed by atoms with van der Waals surface area (Å²) in [5, 5.41) is 23.3. The lowest BCUT2D eigenvalue weighted by Crippen LogP contribution is -2.02. The maximum absolute atomic E-state index is 14.7. The van der Waals surface area contributed by atoms with E-state index in [1.54, 1.807) is 7.05 Å². The summed E-state index contributed by atoms with van der Waals surface area (Å²) in [6.45, 7) is 4.32. The minimum atomic E-state index is -1.04. The third kappa shape index (κ3) is 3.69. The summed E-state index contributed by atoms with van der Waals surface area (Å²) in [5.41, 5.74) is 2.99. The first-order valence-electron chi connectivity index (χ1n) is 9.42. The molecule has 1 aliphatic rings. The molecule has 2 aromatic heterocycles. The lowest BCUT2D eigenvalue weighted by atomic mass is 9.97. The van der Waals surface area contributed by atoms with Gasteiger partial charge in [0.25, 0.3) is 0 Å². The molecular formula is C20H23F2N5O. The van der Waals surface area contributed by atoms with Crippen LogP contribution >= 0.6 is 0 Å². The Morgan fingerprint density at radius 3 is 2.64 bits per heavy atom. The molecule has 1 aromatic carbocycles. The quantitative estimate of drug-likeness (QED) is 0.705. The molecule has 3 aromatic rings. The molecule has 8 heteroatoms. The van der Waals surface area contributed by atoms with E-state index in [9.17, 15) is 13.9 Å². The number of rotatable bonds is 6. The number of aliphatic hydroxyl groups is 1. The fourth-order valence-electron chi connectivity index (χ4n) is 3.50. The molecule has 0 bridgehead atoms. The first kappa shape index (κ1) is 18.7. The van der Waals surface area contributed by atoms with E-state index >= 15 is 0 Å². The maximum atomic E-state index is 14.7. The molecule has 0 saturated heterocycles. The fourth-order valence-corrected chi connectivity index (χ4v) is 3.50. The van der Waals surface area contributed by atoms with E-state index in [0.717, 1.165) is 29.9 Å². The number of halogens is 2. The van der Waals surface area contributed by atoms with Crippen LogP contribution in [0.1, 0.15) is 48.4 Å². The van der Waals surface area contributed by atoms with E-state index in [2.05, 4.69) is 15.3 Å². The molecule has 6 nitrogen and oxygen atoms in total. The van der Waals surface area contributed by atoms with Gasteiger partial charge in [-0.3, -0.25) is 4.68 Å². The van der Waals surface area contributed by atoms with Crippen LogP contribution in [0.15, 0.2) is 18.3 Å². The first-order chi connectivity index (χ1) is 13.3. The third-order valence-corrected chi connectivity index (χ3v) is 5.10. The number of nitrogens with zero attached hydrogens (tertiary/aromatic N) is 5. The van der Waals surface area contributed by atoms with Crippen LogP contribution in [0.5, 0.6) is 0 Å². The van der Waals surface area contributed by atoms with E-state index in [1.807, 2.05) is 17.8 Å². The number of aryl methyl sites for hydroxylation is 2. The summed E-state index contributed by atoms with van der Waals surface area (Å²) < 4.78 is 30.3. The van der Waals surface area contributed by atoms with E-state index in [0.29, 0.717) is 23.7 Å². The van der Waals surface area contributed by atoms with Gasteiger partial charge in [-0.1, -0.05) is 0 Å². The number of hydrogen-bond acceptors (Lipinski definition) is 4. The highest BCUT2D eigenvalue weighted by Crippen LogP contribution is 2.34. The summed E-state index contributed by atoms with van der Waals surface area (Å²) in [4.78, 5) is 1.36. The Morgan fingerprint density at radius 2 is 1.96 bits per heavy atom. The van der Waals surface area contributed by atoms with Crippen molar-refractivity contribution < 1.29 is 13.9 Å². The predicted octanol–water partition coefficient (Wildman–Crippen LogP) is 3.32. The first-order valence-corrected chi connectivity index (χ1v) is 9.42. The molecule has 0 amide bonds. The molecule has 2 heterocycles. The van der Waals surface area contributed by atoms with Crippen LogP contribution in [0.25, 0.3) is 11.3 Å². The average Bonchev–Trinajstić information content (AvgIpc) is 3.25. The Balaban J connectivity index is 1.73. The highest BCUT2D eigenvalue weighted by molar-refractivity contribution is 5.67. The molecular weight excluding hydrogens is 364 g/mol. The lowest BCUT2D eigenvalue weighted by molar-refractivity contribution is 0.199. The molecule has 1 N–H and O–H groups in total. The Bertz CT molecular complexity index is 1020. The zero-order chi connectivity index (χ0) is 20.0. The Labute approximate surface area is 161 Å². The van der Waals surface area contributed by atoms with Gasteiger partial charge in [0.15, 0.2) is 0 Å².